The number of rotatable bonds is 5. The van der Waals surface area contributed by atoms with Crippen LogP contribution in [0.5, 0.6) is 0 Å². The summed E-state index contributed by atoms with van der Waals surface area (Å²) in [5.74, 6) is 0. The van der Waals surface area contributed by atoms with Crippen LogP contribution in [-0.2, 0) is 13.6 Å². The van der Waals surface area contributed by atoms with Gasteiger partial charge in [-0.15, -0.1) is 0 Å². The number of thioether (sulfide) groups is 1. The van der Waals surface area contributed by atoms with E-state index in [9.17, 15) is 0 Å². The van der Waals surface area contributed by atoms with Gasteiger partial charge in [0.25, 0.3) is 0 Å². The summed E-state index contributed by atoms with van der Waals surface area (Å²) in [4.78, 5) is 0. The lowest BCUT2D eigenvalue weighted by atomic mass is 9.88. The van der Waals surface area contributed by atoms with Gasteiger partial charge in [-0.05, 0) is 30.7 Å². The van der Waals surface area contributed by atoms with E-state index < -0.39 is 0 Å². The summed E-state index contributed by atoms with van der Waals surface area (Å²) in [5, 5.41) is 3.64. The van der Waals surface area contributed by atoms with Gasteiger partial charge in [-0.25, -0.2) is 0 Å². The molecule has 1 aliphatic rings. The first-order valence-electron chi connectivity index (χ1n) is 6.61. The maximum absolute atomic E-state index is 3.64. The monoisotopic (exact) mass is 252 g/mol. The van der Waals surface area contributed by atoms with Crippen molar-refractivity contribution in [2.75, 3.05) is 12.8 Å². The Kier molecular flexibility index (Phi) is 4.57. The molecule has 0 unspecified atom stereocenters. The Hall–Kier alpha value is -0.410. The van der Waals surface area contributed by atoms with E-state index in [0.717, 1.165) is 13.1 Å². The topological polar surface area (TPSA) is 17.0 Å². The van der Waals surface area contributed by atoms with Crippen molar-refractivity contribution in [2.24, 2.45) is 7.05 Å². The molecule has 0 spiro atoms. The molecule has 2 rings (SSSR count). The molecular formula is C14H24N2S. The van der Waals surface area contributed by atoms with Crippen molar-refractivity contribution in [3.63, 3.8) is 0 Å². The zero-order valence-corrected chi connectivity index (χ0v) is 11.9. The second kappa shape index (κ2) is 5.96. The third kappa shape index (κ3) is 3.52. The quantitative estimate of drug-likeness (QED) is 0.867. The second-order valence-corrected chi connectivity index (χ2v) is 6.51. The van der Waals surface area contributed by atoms with Crippen LogP contribution >= 0.6 is 11.8 Å². The molecule has 1 aliphatic carbocycles. The molecule has 1 N–H and O–H groups in total. The predicted molar refractivity (Wildman–Crippen MR) is 76.5 cm³/mol. The molecule has 1 aromatic rings. The average molecular weight is 252 g/mol. The zero-order valence-electron chi connectivity index (χ0n) is 11.0. The number of nitrogens with one attached hydrogen (secondary N) is 1. The van der Waals surface area contributed by atoms with Crippen LogP contribution in [-0.4, -0.2) is 22.1 Å². The van der Waals surface area contributed by atoms with E-state index in [0.29, 0.717) is 4.75 Å². The van der Waals surface area contributed by atoms with Crippen molar-refractivity contribution < 1.29 is 0 Å². The van der Waals surface area contributed by atoms with Crippen molar-refractivity contribution in [1.82, 2.24) is 9.88 Å². The minimum atomic E-state index is 0.507. The van der Waals surface area contributed by atoms with E-state index in [4.69, 9.17) is 0 Å². The average Bonchev–Trinajstić information content (AvgIpc) is 2.76. The van der Waals surface area contributed by atoms with Crippen molar-refractivity contribution >= 4 is 11.8 Å². The molecule has 3 heteroatoms. The number of aryl methyl sites for hydroxylation is 1. The Morgan fingerprint density at radius 1 is 1.35 bits per heavy atom. The molecule has 17 heavy (non-hydrogen) atoms. The molecule has 1 heterocycles. The van der Waals surface area contributed by atoms with Gasteiger partial charge in [0, 0.05) is 37.3 Å². The Balaban J connectivity index is 1.79. The molecule has 0 radical (unpaired) electrons. The summed E-state index contributed by atoms with van der Waals surface area (Å²) in [6.45, 7) is 2.16. The standard InChI is InChI=1S/C14H24N2S/c1-16-9-6-13(11-16)10-15-12-14(17-2)7-4-3-5-8-14/h6,9,11,15H,3-5,7-8,10,12H2,1-2H3. The molecule has 2 nitrogen and oxygen atoms in total. The largest absolute Gasteiger partial charge is 0.357 e. The van der Waals surface area contributed by atoms with Crippen molar-refractivity contribution in [2.45, 2.75) is 43.4 Å². The molecule has 0 bridgehead atoms. The van der Waals surface area contributed by atoms with Crippen LogP contribution in [0, 0.1) is 0 Å². The van der Waals surface area contributed by atoms with Crippen LogP contribution < -0.4 is 5.32 Å². The van der Waals surface area contributed by atoms with Gasteiger partial charge < -0.3 is 9.88 Å². The van der Waals surface area contributed by atoms with E-state index in [1.165, 1.54) is 37.7 Å². The van der Waals surface area contributed by atoms with Crippen LogP contribution in [0.2, 0.25) is 0 Å². The molecule has 96 valence electrons. The lowest BCUT2D eigenvalue weighted by molar-refractivity contribution is 0.379. The Morgan fingerprint density at radius 2 is 2.12 bits per heavy atom. The SMILES string of the molecule is CSC1(CNCc2ccn(C)c2)CCCCC1. The predicted octanol–water partition coefficient (Wildman–Crippen LogP) is 3.18. The van der Waals surface area contributed by atoms with Gasteiger partial charge >= 0.3 is 0 Å². The van der Waals surface area contributed by atoms with E-state index in [-0.39, 0.29) is 0 Å². The molecule has 0 aliphatic heterocycles. The minimum Gasteiger partial charge on any atom is -0.357 e. The Labute approximate surface area is 109 Å². The van der Waals surface area contributed by atoms with Gasteiger partial charge in [-0.3, -0.25) is 0 Å². The molecule has 1 aromatic heterocycles. The summed E-state index contributed by atoms with van der Waals surface area (Å²) < 4.78 is 2.62. The Bertz CT molecular complexity index is 340. The normalized spacial score (nSPS) is 19.4. The minimum absolute atomic E-state index is 0.507. The fraction of sp³-hybridized carbons (Fsp3) is 0.714. The molecule has 1 fully saturated rings. The third-order valence-electron chi connectivity index (χ3n) is 3.87. The lowest BCUT2D eigenvalue weighted by Gasteiger charge is -2.36. The maximum atomic E-state index is 3.64. The highest BCUT2D eigenvalue weighted by Gasteiger charge is 2.30. The van der Waals surface area contributed by atoms with E-state index in [1.807, 2.05) is 0 Å². The summed E-state index contributed by atoms with van der Waals surface area (Å²) in [7, 11) is 2.08. The fourth-order valence-electron chi connectivity index (χ4n) is 2.75. The number of aromatic nitrogens is 1. The second-order valence-electron chi connectivity index (χ2n) is 5.24. The summed E-state index contributed by atoms with van der Waals surface area (Å²) in [5.41, 5.74) is 1.39. The van der Waals surface area contributed by atoms with Crippen LogP contribution in [0.1, 0.15) is 37.7 Å². The highest BCUT2D eigenvalue weighted by Crippen LogP contribution is 2.37. The molecular weight excluding hydrogens is 228 g/mol. The first-order chi connectivity index (χ1) is 8.24. The third-order valence-corrected chi connectivity index (χ3v) is 5.29. The highest BCUT2D eigenvalue weighted by molar-refractivity contribution is 8.00. The van der Waals surface area contributed by atoms with Crippen molar-refractivity contribution in [3.05, 3.63) is 24.0 Å². The smallest absolute Gasteiger partial charge is 0.0281 e. The van der Waals surface area contributed by atoms with Gasteiger partial charge in [-0.1, -0.05) is 19.3 Å². The fourth-order valence-corrected chi connectivity index (χ4v) is 3.69. The van der Waals surface area contributed by atoms with Gasteiger partial charge in [0.1, 0.15) is 0 Å². The molecule has 1 saturated carbocycles. The van der Waals surface area contributed by atoms with Gasteiger partial charge in [0.15, 0.2) is 0 Å². The highest BCUT2D eigenvalue weighted by atomic mass is 32.2. The maximum Gasteiger partial charge on any atom is 0.0281 e. The van der Waals surface area contributed by atoms with Gasteiger partial charge in [0.2, 0.25) is 0 Å². The molecule has 0 aromatic carbocycles. The first kappa shape index (κ1) is 13.0. The Morgan fingerprint density at radius 3 is 2.71 bits per heavy atom. The van der Waals surface area contributed by atoms with Gasteiger partial charge in [-0.2, -0.15) is 11.8 Å². The van der Waals surface area contributed by atoms with Crippen LogP contribution in [0.15, 0.2) is 18.5 Å². The summed E-state index contributed by atoms with van der Waals surface area (Å²) in [6.07, 6.45) is 13.6. The number of hydrogen-bond donors (Lipinski definition) is 1. The summed E-state index contributed by atoms with van der Waals surface area (Å²) >= 11 is 2.07. The van der Waals surface area contributed by atoms with E-state index in [1.54, 1.807) is 0 Å². The van der Waals surface area contributed by atoms with Crippen LogP contribution in [0.3, 0.4) is 0 Å². The number of nitrogens with zero attached hydrogens (tertiary/aromatic N) is 1. The summed E-state index contributed by atoms with van der Waals surface area (Å²) in [6, 6.07) is 2.19. The van der Waals surface area contributed by atoms with Crippen molar-refractivity contribution in [3.8, 4) is 0 Å². The molecule has 0 amide bonds. The van der Waals surface area contributed by atoms with Crippen molar-refractivity contribution in [1.29, 1.82) is 0 Å². The molecule has 0 saturated heterocycles. The van der Waals surface area contributed by atoms with Gasteiger partial charge in [0.05, 0.1) is 0 Å². The van der Waals surface area contributed by atoms with Crippen LogP contribution in [0.4, 0.5) is 0 Å². The zero-order chi connectivity index (χ0) is 12.1. The first-order valence-corrected chi connectivity index (χ1v) is 7.83. The molecule has 0 atom stereocenters. The number of hydrogen-bond acceptors (Lipinski definition) is 2. The van der Waals surface area contributed by atoms with E-state index >= 15 is 0 Å². The van der Waals surface area contributed by atoms with E-state index in [2.05, 4.69) is 53.4 Å². The lowest BCUT2D eigenvalue weighted by Crippen LogP contribution is -2.39. The van der Waals surface area contributed by atoms with Crippen LogP contribution in [0.25, 0.3) is 0 Å².